The summed E-state index contributed by atoms with van der Waals surface area (Å²) < 4.78 is 47.7. The smallest absolute Gasteiger partial charge is 0.387 e. The highest BCUT2D eigenvalue weighted by Gasteiger charge is 2.32. The van der Waals surface area contributed by atoms with E-state index in [0.717, 1.165) is 18.4 Å². The standard InChI is InChI=1S/C18H13F3N4O5/c19-11-2-8-1-9(4-22-12(8)3-14(11)30-17(20)21)15(26)23-10-5-25(6-10)18-24-13(7-29-18)16(27)28/h1-4,7,10,17H,5-6H2,(H,23,26)(H,27,28). The monoisotopic (exact) mass is 422 g/mol. The minimum absolute atomic E-state index is 0.141. The SMILES string of the molecule is O=C(NC1CN(c2nc(C(=O)O)co2)C1)c1cnc2cc(OC(F)F)c(F)cc2c1. The predicted molar refractivity (Wildman–Crippen MR) is 95.3 cm³/mol. The molecule has 1 aliphatic rings. The number of rotatable bonds is 6. The average Bonchev–Trinajstić information content (AvgIpc) is 3.14. The van der Waals surface area contributed by atoms with Gasteiger partial charge < -0.3 is 24.5 Å². The molecule has 1 amide bonds. The fraction of sp³-hybridized carbons (Fsp3) is 0.222. The van der Waals surface area contributed by atoms with Crippen LogP contribution in [0.4, 0.5) is 19.2 Å². The molecule has 30 heavy (non-hydrogen) atoms. The molecular weight excluding hydrogens is 409 g/mol. The molecule has 156 valence electrons. The van der Waals surface area contributed by atoms with Crippen LogP contribution in [0.25, 0.3) is 10.9 Å². The Bertz CT molecular complexity index is 1130. The number of hydrogen-bond acceptors (Lipinski definition) is 7. The van der Waals surface area contributed by atoms with Gasteiger partial charge in [0, 0.05) is 30.7 Å². The maximum absolute atomic E-state index is 13.9. The van der Waals surface area contributed by atoms with E-state index < -0.39 is 30.1 Å². The Labute approximate surface area is 166 Å². The Kier molecular flexibility index (Phi) is 4.90. The van der Waals surface area contributed by atoms with Crippen LogP contribution in [0.3, 0.4) is 0 Å². The van der Waals surface area contributed by atoms with Gasteiger partial charge in [-0.15, -0.1) is 0 Å². The van der Waals surface area contributed by atoms with Gasteiger partial charge in [0.05, 0.1) is 17.1 Å². The number of aromatic nitrogens is 2. The molecule has 2 N–H and O–H groups in total. The summed E-state index contributed by atoms with van der Waals surface area (Å²) in [5.41, 5.74) is 0.137. The quantitative estimate of drug-likeness (QED) is 0.621. The molecule has 0 atom stereocenters. The van der Waals surface area contributed by atoms with E-state index in [2.05, 4.69) is 20.0 Å². The van der Waals surface area contributed by atoms with Crippen LogP contribution in [0.1, 0.15) is 20.8 Å². The van der Waals surface area contributed by atoms with Gasteiger partial charge in [-0.05, 0) is 12.1 Å². The van der Waals surface area contributed by atoms with Crippen molar-refractivity contribution in [2.24, 2.45) is 0 Å². The summed E-state index contributed by atoms with van der Waals surface area (Å²) in [7, 11) is 0. The maximum atomic E-state index is 13.9. The Morgan fingerprint density at radius 2 is 2.07 bits per heavy atom. The van der Waals surface area contributed by atoms with E-state index in [-0.39, 0.29) is 34.2 Å². The lowest BCUT2D eigenvalue weighted by Gasteiger charge is -2.38. The normalized spacial score (nSPS) is 14.1. The number of aromatic carboxylic acids is 1. The average molecular weight is 422 g/mol. The maximum Gasteiger partial charge on any atom is 0.387 e. The second kappa shape index (κ2) is 7.54. The second-order valence-electron chi connectivity index (χ2n) is 6.47. The van der Waals surface area contributed by atoms with Crippen molar-refractivity contribution in [2.45, 2.75) is 12.7 Å². The zero-order valence-corrected chi connectivity index (χ0v) is 15.0. The zero-order valence-electron chi connectivity index (χ0n) is 15.0. The largest absolute Gasteiger partial charge is 0.476 e. The van der Waals surface area contributed by atoms with E-state index in [1.807, 2.05) is 0 Å². The van der Waals surface area contributed by atoms with E-state index in [1.54, 1.807) is 4.90 Å². The zero-order chi connectivity index (χ0) is 21.4. The third kappa shape index (κ3) is 3.83. The molecule has 4 rings (SSSR count). The van der Waals surface area contributed by atoms with Crippen LogP contribution in [0.5, 0.6) is 5.75 Å². The van der Waals surface area contributed by atoms with Crippen LogP contribution in [-0.2, 0) is 0 Å². The predicted octanol–water partition coefficient (Wildman–Crippen LogP) is 2.28. The van der Waals surface area contributed by atoms with Crippen molar-refractivity contribution in [3.63, 3.8) is 0 Å². The number of oxazole rings is 1. The van der Waals surface area contributed by atoms with Gasteiger partial charge >= 0.3 is 12.6 Å². The fourth-order valence-corrected chi connectivity index (χ4v) is 2.94. The third-order valence-corrected chi connectivity index (χ3v) is 4.41. The number of carbonyl (C=O) groups excluding carboxylic acids is 1. The van der Waals surface area contributed by atoms with Gasteiger partial charge in [0.1, 0.15) is 6.26 Å². The summed E-state index contributed by atoms with van der Waals surface area (Å²) in [6.45, 7) is -2.46. The van der Waals surface area contributed by atoms with Gasteiger partial charge in [-0.3, -0.25) is 9.78 Å². The second-order valence-corrected chi connectivity index (χ2v) is 6.47. The van der Waals surface area contributed by atoms with Crippen LogP contribution in [0.2, 0.25) is 0 Å². The number of nitrogens with one attached hydrogen (secondary N) is 1. The van der Waals surface area contributed by atoms with Gasteiger partial charge in [0.2, 0.25) is 0 Å². The molecule has 2 aromatic heterocycles. The Balaban J connectivity index is 1.40. The number of alkyl halides is 2. The number of ether oxygens (including phenoxy) is 1. The molecular formula is C18H13F3N4O5. The van der Waals surface area contributed by atoms with Crippen LogP contribution in [0.15, 0.2) is 35.1 Å². The third-order valence-electron chi connectivity index (χ3n) is 4.41. The van der Waals surface area contributed by atoms with Crippen molar-refractivity contribution >= 4 is 28.8 Å². The number of hydrogen-bond donors (Lipinski definition) is 2. The molecule has 0 aliphatic carbocycles. The fourth-order valence-electron chi connectivity index (χ4n) is 2.94. The topological polar surface area (TPSA) is 118 Å². The Morgan fingerprint density at radius 3 is 2.73 bits per heavy atom. The first-order chi connectivity index (χ1) is 14.3. The number of benzene rings is 1. The molecule has 0 bridgehead atoms. The minimum Gasteiger partial charge on any atom is -0.476 e. The van der Waals surface area contributed by atoms with E-state index >= 15 is 0 Å². The Hall–Kier alpha value is -3.83. The molecule has 1 aromatic carbocycles. The number of fused-ring (bicyclic) bond motifs is 1. The number of carboxylic acid groups (broad SMARTS) is 1. The molecule has 0 saturated carbocycles. The molecule has 3 aromatic rings. The van der Waals surface area contributed by atoms with Gasteiger partial charge in [0.15, 0.2) is 17.3 Å². The highest BCUT2D eigenvalue weighted by molar-refractivity contribution is 5.97. The lowest BCUT2D eigenvalue weighted by atomic mass is 10.1. The minimum atomic E-state index is -3.17. The summed E-state index contributed by atoms with van der Waals surface area (Å²) in [4.78, 5) is 32.7. The molecule has 0 radical (unpaired) electrons. The van der Waals surface area contributed by atoms with Crippen molar-refractivity contribution in [1.82, 2.24) is 15.3 Å². The summed E-state index contributed by atoms with van der Waals surface area (Å²) in [5, 5.41) is 11.8. The molecule has 1 saturated heterocycles. The molecule has 1 fully saturated rings. The van der Waals surface area contributed by atoms with Crippen molar-refractivity contribution in [3.8, 4) is 5.75 Å². The number of carbonyl (C=O) groups is 2. The summed E-state index contributed by atoms with van der Waals surface area (Å²) >= 11 is 0. The molecule has 9 nitrogen and oxygen atoms in total. The van der Waals surface area contributed by atoms with Crippen molar-refractivity contribution in [1.29, 1.82) is 0 Å². The van der Waals surface area contributed by atoms with Gasteiger partial charge in [-0.2, -0.15) is 13.8 Å². The number of pyridine rings is 1. The molecule has 0 unspecified atom stereocenters. The van der Waals surface area contributed by atoms with Crippen LogP contribution in [0, 0.1) is 5.82 Å². The van der Waals surface area contributed by atoms with Crippen molar-refractivity contribution in [3.05, 3.63) is 47.7 Å². The van der Waals surface area contributed by atoms with Crippen LogP contribution in [-0.4, -0.2) is 52.7 Å². The first-order valence-electron chi connectivity index (χ1n) is 8.59. The number of halogens is 3. The number of anilines is 1. The Morgan fingerprint density at radius 1 is 1.30 bits per heavy atom. The number of nitrogens with zero attached hydrogens (tertiary/aromatic N) is 3. The van der Waals surface area contributed by atoms with Crippen LogP contribution >= 0.6 is 0 Å². The highest BCUT2D eigenvalue weighted by atomic mass is 19.3. The van der Waals surface area contributed by atoms with Crippen molar-refractivity contribution < 1.29 is 37.0 Å². The molecule has 3 heterocycles. The van der Waals surface area contributed by atoms with Gasteiger partial charge in [0.25, 0.3) is 11.9 Å². The number of carboxylic acids is 1. The van der Waals surface area contributed by atoms with Gasteiger partial charge in [-0.25, -0.2) is 9.18 Å². The molecule has 12 heteroatoms. The van der Waals surface area contributed by atoms with E-state index in [9.17, 15) is 22.8 Å². The van der Waals surface area contributed by atoms with E-state index in [0.29, 0.717) is 13.1 Å². The summed E-state index contributed by atoms with van der Waals surface area (Å²) in [5.74, 6) is -3.29. The molecule has 1 aliphatic heterocycles. The van der Waals surface area contributed by atoms with Crippen LogP contribution < -0.4 is 15.0 Å². The lowest BCUT2D eigenvalue weighted by Crippen LogP contribution is -2.59. The van der Waals surface area contributed by atoms with Crippen molar-refractivity contribution in [2.75, 3.05) is 18.0 Å². The number of amides is 1. The van der Waals surface area contributed by atoms with Gasteiger partial charge in [-0.1, -0.05) is 0 Å². The first-order valence-corrected chi connectivity index (χ1v) is 8.59. The van der Waals surface area contributed by atoms with E-state index in [1.165, 1.54) is 12.3 Å². The lowest BCUT2D eigenvalue weighted by molar-refractivity contribution is -0.0520. The first kappa shape index (κ1) is 19.5. The summed E-state index contributed by atoms with van der Waals surface area (Å²) in [6, 6.07) is 3.28. The summed E-state index contributed by atoms with van der Waals surface area (Å²) in [6.07, 6.45) is 2.27. The highest BCUT2D eigenvalue weighted by Crippen LogP contribution is 2.26. The van der Waals surface area contributed by atoms with E-state index in [4.69, 9.17) is 9.52 Å². The molecule has 0 spiro atoms.